The maximum absolute atomic E-state index is 12.2. The van der Waals surface area contributed by atoms with Gasteiger partial charge in [-0.1, -0.05) is 19.3 Å². The maximum Gasteiger partial charge on any atom is 0.321 e. The van der Waals surface area contributed by atoms with Gasteiger partial charge < -0.3 is 16.0 Å². The van der Waals surface area contributed by atoms with Crippen molar-refractivity contribution in [3.05, 3.63) is 29.8 Å². The number of imide groups is 1. The van der Waals surface area contributed by atoms with Crippen molar-refractivity contribution in [2.45, 2.75) is 70.0 Å². The molecule has 4 N–H and O–H groups in total. The van der Waals surface area contributed by atoms with Crippen LogP contribution in [0.4, 0.5) is 10.5 Å². The van der Waals surface area contributed by atoms with Crippen LogP contribution in [0, 0.1) is 0 Å². The summed E-state index contributed by atoms with van der Waals surface area (Å²) >= 11 is 0. The number of anilines is 1. The molecule has 0 bridgehead atoms. The van der Waals surface area contributed by atoms with Gasteiger partial charge in [-0.3, -0.25) is 14.9 Å². The van der Waals surface area contributed by atoms with Crippen LogP contribution in [-0.2, 0) is 4.79 Å². The molecular formula is C20H28N4O3. The lowest BCUT2D eigenvalue weighted by atomic mass is 9.96. The molecule has 2 aliphatic carbocycles. The number of rotatable bonds is 6. The molecule has 0 aliphatic heterocycles. The predicted octanol–water partition coefficient (Wildman–Crippen LogP) is 2.54. The van der Waals surface area contributed by atoms with E-state index >= 15 is 0 Å². The number of urea groups is 1. The van der Waals surface area contributed by atoms with E-state index in [2.05, 4.69) is 21.3 Å². The van der Waals surface area contributed by atoms with Gasteiger partial charge >= 0.3 is 6.03 Å². The van der Waals surface area contributed by atoms with E-state index in [9.17, 15) is 14.4 Å². The summed E-state index contributed by atoms with van der Waals surface area (Å²) in [5.74, 6) is -0.465. The number of carbonyl (C=O) groups is 3. The standard InChI is InChI=1S/C20H28N4O3/c1-13(18(25)24-20(27)23-15-5-3-2-4-6-15)21-16-9-7-14(8-10-16)19(26)22-17-11-12-17/h7-10,13,15,17,21H,2-6,11-12H2,1H3,(H,22,26)(H2,23,24,25,27). The lowest BCUT2D eigenvalue weighted by Crippen LogP contribution is -2.49. The molecule has 4 amide bonds. The highest BCUT2D eigenvalue weighted by Gasteiger charge is 2.24. The third-order valence-electron chi connectivity index (χ3n) is 5.01. The van der Waals surface area contributed by atoms with Gasteiger partial charge in [0.2, 0.25) is 5.91 Å². The SMILES string of the molecule is CC(Nc1ccc(C(=O)NC2CC2)cc1)C(=O)NC(=O)NC1CCCCC1. The van der Waals surface area contributed by atoms with Gasteiger partial charge in [0.15, 0.2) is 0 Å². The van der Waals surface area contributed by atoms with Crippen LogP contribution in [0.3, 0.4) is 0 Å². The first kappa shape index (κ1) is 19.2. The van der Waals surface area contributed by atoms with Crippen LogP contribution in [0.1, 0.15) is 62.2 Å². The quantitative estimate of drug-likeness (QED) is 0.617. The summed E-state index contributed by atoms with van der Waals surface area (Å²) < 4.78 is 0. The van der Waals surface area contributed by atoms with E-state index in [0.29, 0.717) is 17.3 Å². The van der Waals surface area contributed by atoms with Gasteiger partial charge in [-0.2, -0.15) is 0 Å². The second-order valence-corrected chi connectivity index (χ2v) is 7.49. The normalized spacial score (nSPS) is 18.3. The number of amides is 4. The fourth-order valence-corrected chi connectivity index (χ4v) is 3.22. The Kier molecular flexibility index (Phi) is 6.32. The van der Waals surface area contributed by atoms with E-state index in [1.54, 1.807) is 31.2 Å². The Morgan fingerprint density at radius 2 is 1.52 bits per heavy atom. The summed E-state index contributed by atoms with van der Waals surface area (Å²) in [6.45, 7) is 1.69. The molecule has 2 saturated carbocycles. The van der Waals surface area contributed by atoms with E-state index < -0.39 is 12.1 Å². The van der Waals surface area contributed by atoms with Gasteiger partial charge in [-0.05, 0) is 56.9 Å². The maximum atomic E-state index is 12.2. The van der Waals surface area contributed by atoms with Gasteiger partial charge in [0.05, 0.1) is 0 Å². The van der Waals surface area contributed by atoms with Crippen LogP contribution >= 0.6 is 0 Å². The lowest BCUT2D eigenvalue weighted by molar-refractivity contribution is -0.120. The first-order valence-corrected chi connectivity index (χ1v) is 9.80. The predicted molar refractivity (Wildman–Crippen MR) is 104 cm³/mol. The van der Waals surface area contributed by atoms with E-state index in [1.807, 2.05) is 0 Å². The van der Waals surface area contributed by atoms with Crippen LogP contribution in [0.25, 0.3) is 0 Å². The Bertz CT molecular complexity index is 679. The Morgan fingerprint density at radius 3 is 2.15 bits per heavy atom. The molecule has 0 aromatic heterocycles. The van der Waals surface area contributed by atoms with Crippen LogP contribution < -0.4 is 21.3 Å². The Hall–Kier alpha value is -2.57. The van der Waals surface area contributed by atoms with Crippen molar-refractivity contribution < 1.29 is 14.4 Å². The Balaban J connectivity index is 1.44. The van der Waals surface area contributed by atoms with E-state index in [1.165, 1.54) is 6.42 Å². The van der Waals surface area contributed by atoms with Gasteiger partial charge in [-0.25, -0.2) is 4.79 Å². The molecule has 2 fully saturated rings. The zero-order valence-corrected chi connectivity index (χ0v) is 15.7. The molecule has 1 aromatic rings. The lowest BCUT2D eigenvalue weighted by Gasteiger charge is -2.23. The third kappa shape index (κ3) is 5.98. The molecule has 1 aromatic carbocycles. The van der Waals surface area contributed by atoms with Gasteiger partial charge in [-0.15, -0.1) is 0 Å². The molecule has 7 heteroatoms. The second-order valence-electron chi connectivity index (χ2n) is 7.49. The van der Waals surface area contributed by atoms with E-state index in [-0.39, 0.29) is 17.9 Å². The van der Waals surface area contributed by atoms with Crippen molar-refractivity contribution in [1.82, 2.24) is 16.0 Å². The molecule has 1 unspecified atom stereocenters. The number of hydrogen-bond acceptors (Lipinski definition) is 4. The molecule has 7 nitrogen and oxygen atoms in total. The molecule has 27 heavy (non-hydrogen) atoms. The highest BCUT2D eigenvalue weighted by Crippen LogP contribution is 2.20. The molecule has 0 radical (unpaired) electrons. The van der Waals surface area contributed by atoms with E-state index in [4.69, 9.17) is 0 Å². The largest absolute Gasteiger partial charge is 0.374 e. The highest BCUT2D eigenvalue weighted by atomic mass is 16.2. The third-order valence-corrected chi connectivity index (χ3v) is 5.01. The van der Waals surface area contributed by atoms with E-state index in [0.717, 1.165) is 38.5 Å². The number of hydrogen-bond donors (Lipinski definition) is 4. The molecular weight excluding hydrogens is 344 g/mol. The summed E-state index contributed by atoms with van der Waals surface area (Å²) in [4.78, 5) is 36.2. The minimum absolute atomic E-state index is 0.0748. The summed E-state index contributed by atoms with van der Waals surface area (Å²) in [6.07, 6.45) is 7.47. The van der Waals surface area contributed by atoms with Crippen LogP contribution in [0.15, 0.2) is 24.3 Å². The minimum atomic E-state index is -0.576. The minimum Gasteiger partial charge on any atom is -0.374 e. The van der Waals surface area contributed by atoms with Crippen LogP contribution in [0.5, 0.6) is 0 Å². The zero-order chi connectivity index (χ0) is 19.2. The first-order chi connectivity index (χ1) is 13.0. The topological polar surface area (TPSA) is 99.3 Å². The van der Waals surface area contributed by atoms with Crippen molar-refractivity contribution in [3.63, 3.8) is 0 Å². The number of benzene rings is 1. The fraction of sp³-hybridized carbons (Fsp3) is 0.550. The summed E-state index contributed by atoms with van der Waals surface area (Å²) in [5.41, 5.74) is 1.31. The molecule has 0 heterocycles. The smallest absolute Gasteiger partial charge is 0.321 e. The fourth-order valence-electron chi connectivity index (χ4n) is 3.22. The van der Waals surface area contributed by atoms with Crippen LogP contribution in [-0.4, -0.2) is 36.0 Å². The van der Waals surface area contributed by atoms with Crippen molar-refractivity contribution >= 4 is 23.5 Å². The van der Waals surface area contributed by atoms with Crippen molar-refractivity contribution in [2.24, 2.45) is 0 Å². The molecule has 0 spiro atoms. The monoisotopic (exact) mass is 372 g/mol. The molecule has 0 saturated heterocycles. The number of carbonyl (C=O) groups excluding carboxylic acids is 3. The molecule has 2 aliphatic rings. The zero-order valence-electron chi connectivity index (χ0n) is 15.7. The second kappa shape index (κ2) is 8.88. The Morgan fingerprint density at radius 1 is 0.889 bits per heavy atom. The first-order valence-electron chi connectivity index (χ1n) is 9.80. The van der Waals surface area contributed by atoms with Crippen molar-refractivity contribution in [2.75, 3.05) is 5.32 Å². The summed E-state index contributed by atoms with van der Waals surface area (Å²) in [6, 6.07) is 6.42. The summed E-state index contributed by atoms with van der Waals surface area (Å²) in [7, 11) is 0. The average Bonchev–Trinajstić information content (AvgIpc) is 3.47. The molecule has 1 atom stereocenters. The average molecular weight is 372 g/mol. The van der Waals surface area contributed by atoms with Crippen LogP contribution in [0.2, 0.25) is 0 Å². The van der Waals surface area contributed by atoms with Crippen molar-refractivity contribution in [1.29, 1.82) is 0 Å². The van der Waals surface area contributed by atoms with Gasteiger partial charge in [0.1, 0.15) is 6.04 Å². The van der Waals surface area contributed by atoms with Gasteiger partial charge in [0.25, 0.3) is 5.91 Å². The van der Waals surface area contributed by atoms with Crippen molar-refractivity contribution in [3.8, 4) is 0 Å². The Labute approximate surface area is 159 Å². The summed E-state index contributed by atoms with van der Waals surface area (Å²) in [5, 5.41) is 11.2. The molecule has 146 valence electrons. The highest BCUT2D eigenvalue weighted by molar-refractivity contribution is 5.98. The molecule has 3 rings (SSSR count). The number of nitrogens with one attached hydrogen (secondary N) is 4. The van der Waals surface area contributed by atoms with Gasteiger partial charge in [0, 0.05) is 23.3 Å².